The number of amides is 1. The summed E-state index contributed by atoms with van der Waals surface area (Å²) in [5, 5.41) is 20.0. The minimum atomic E-state index is -0.967. The lowest BCUT2D eigenvalue weighted by molar-refractivity contribution is -0.991. The lowest BCUT2D eigenvalue weighted by Gasteiger charge is -2.26. The molecule has 0 bridgehead atoms. The molecule has 0 radical (unpaired) electrons. The first-order chi connectivity index (χ1) is 12.6. The first-order valence-corrected chi connectivity index (χ1v) is 8.17. The van der Waals surface area contributed by atoms with E-state index in [0.717, 1.165) is 10.9 Å². The van der Waals surface area contributed by atoms with Crippen molar-refractivity contribution in [2.45, 2.75) is 0 Å². The first-order valence-electron chi connectivity index (χ1n) is 8.17. The van der Waals surface area contributed by atoms with Crippen LogP contribution in [0.5, 0.6) is 0 Å². The van der Waals surface area contributed by atoms with Gasteiger partial charge in [0.05, 0.1) is 31.1 Å². The molecule has 3 heterocycles. The fourth-order valence-electron chi connectivity index (χ4n) is 2.96. The molecule has 1 amide bonds. The highest BCUT2D eigenvalue weighted by atomic mass is 16.8. The summed E-state index contributed by atoms with van der Waals surface area (Å²) in [5.41, 5.74) is 1.34. The van der Waals surface area contributed by atoms with Crippen molar-refractivity contribution in [1.82, 2.24) is 19.4 Å². The number of nitrogens with zero attached hydrogens (tertiary/aromatic N) is 4. The van der Waals surface area contributed by atoms with Crippen molar-refractivity contribution in [3.05, 3.63) is 53.8 Å². The van der Waals surface area contributed by atoms with Crippen LogP contribution < -0.4 is 5.23 Å². The van der Waals surface area contributed by atoms with Crippen LogP contribution in [0, 0.1) is 5.21 Å². The summed E-state index contributed by atoms with van der Waals surface area (Å²) < 4.78 is 7.05. The molecule has 1 saturated heterocycles. The number of quaternary nitrogens is 1. The van der Waals surface area contributed by atoms with E-state index in [1.165, 1.54) is 12.4 Å². The molecule has 2 aromatic heterocycles. The molecule has 0 saturated carbocycles. The number of morpholine rings is 1. The second-order valence-electron chi connectivity index (χ2n) is 5.93. The zero-order valence-electron chi connectivity index (χ0n) is 13.8. The SMILES string of the molecule is O=C(c1cnc(-n2ccc3cc([NH+]([O-])O)ccc32)cn1)N1CCOCC1. The van der Waals surface area contributed by atoms with Crippen molar-refractivity contribution in [2.75, 3.05) is 26.3 Å². The van der Waals surface area contributed by atoms with Crippen LogP contribution in [0.4, 0.5) is 5.69 Å². The molecular formula is C17H17N5O4. The van der Waals surface area contributed by atoms with Gasteiger partial charge in [0.15, 0.2) is 11.5 Å². The molecule has 3 aromatic rings. The second kappa shape index (κ2) is 6.81. The summed E-state index contributed by atoms with van der Waals surface area (Å²) in [6, 6.07) is 6.70. The summed E-state index contributed by atoms with van der Waals surface area (Å²) in [5.74, 6) is 0.400. The fraction of sp³-hybridized carbons (Fsp3) is 0.235. The van der Waals surface area contributed by atoms with Gasteiger partial charge >= 0.3 is 0 Å². The molecule has 1 aliphatic rings. The largest absolute Gasteiger partial charge is 0.595 e. The van der Waals surface area contributed by atoms with Gasteiger partial charge in [-0.1, -0.05) is 0 Å². The lowest BCUT2D eigenvalue weighted by atomic mass is 10.2. The zero-order chi connectivity index (χ0) is 18.1. The van der Waals surface area contributed by atoms with Crippen LogP contribution in [0.15, 0.2) is 42.9 Å². The number of aromatic nitrogens is 3. The van der Waals surface area contributed by atoms with Gasteiger partial charge in [-0.2, -0.15) is 5.23 Å². The van der Waals surface area contributed by atoms with Crippen LogP contribution in [0.3, 0.4) is 0 Å². The van der Waals surface area contributed by atoms with E-state index >= 15 is 0 Å². The highest BCUT2D eigenvalue weighted by Crippen LogP contribution is 2.21. The summed E-state index contributed by atoms with van der Waals surface area (Å²) in [4.78, 5) is 22.7. The molecule has 9 heteroatoms. The molecule has 0 aliphatic carbocycles. The number of ether oxygens (including phenoxy) is 1. The summed E-state index contributed by atoms with van der Waals surface area (Å²) in [7, 11) is 0. The van der Waals surface area contributed by atoms with Crippen LogP contribution in [0.25, 0.3) is 16.7 Å². The van der Waals surface area contributed by atoms with Crippen LogP contribution in [-0.2, 0) is 4.74 Å². The Morgan fingerprint density at radius 1 is 1.19 bits per heavy atom. The molecular weight excluding hydrogens is 338 g/mol. The zero-order valence-corrected chi connectivity index (χ0v) is 13.8. The third kappa shape index (κ3) is 3.04. The van der Waals surface area contributed by atoms with Gasteiger partial charge in [0.1, 0.15) is 5.69 Å². The average Bonchev–Trinajstić information content (AvgIpc) is 3.11. The smallest absolute Gasteiger partial charge is 0.274 e. The maximum absolute atomic E-state index is 12.4. The van der Waals surface area contributed by atoms with E-state index in [9.17, 15) is 10.0 Å². The van der Waals surface area contributed by atoms with Crippen molar-refractivity contribution < 1.29 is 20.0 Å². The summed E-state index contributed by atoms with van der Waals surface area (Å²) in [6.07, 6.45) is 4.80. The van der Waals surface area contributed by atoms with E-state index in [0.29, 0.717) is 37.8 Å². The van der Waals surface area contributed by atoms with Crippen LogP contribution in [-0.4, -0.2) is 56.9 Å². The Hall–Kier alpha value is -2.85. The van der Waals surface area contributed by atoms with Crippen molar-refractivity contribution in [3.8, 4) is 5.82 Å². The van der Waals surface area contributed by atoms with E-state index < -0.39 is 5.23 Å². The van der Waals surface area contributed by atoms with Crippen molar-refractivity contribution in [2.24, 2.45) is 0 Å². The predicted molar refractivity (Wildman–Crippen MR) is 91.4 cm³/mol. The van der Waals surface area contributed by atoms with Gasteiger partial charge in [-0.25, -0.2) is 15.2 Å². The normalized spacial score (nSPS) is 16.0. The third-order valence-electron chi connectivity index (χ3n) is 4.34. The first kappa shape index (κ1) is 16.6. The second-order valence-corrected chi connectivity index (χ2v) is 5.93. The molecule has 134 valence electrons. The number of hydrogen-bond donors (Lipinski definition) is 2. The Bertz CT molecular complexity index is 932. The monoisotopic (exact) mass is 355 g/mol. The van der Waals surface area contributed by atoms with E-state index in [-0.39, 0.29) is 11.6 Å². The predicted octanol–water partition coefficient (Wildman–Crippen LogP) is 0.296. The van der Waals surface area contributed by atoms with Crippen molar-refractivity contribution in [3.63, 3.8) is 0 Å². The van der Waals surface area contributed by atoms with E-state index in [2.05, 4.69) is 9.97 Å². The van der Waals surface area contributed by atoms with E-state index in [1.807, 2.05) is 6.07 Å². The van der Waals surface area contributed by atoms with Crippen LogP contribution in [0.1, 0.15) is 10.5 Å². The van der Waals surface area contributed by atoms with Crippen molar-refractivity contribution in [1.29, 1.82) is 0 Å². The van der Waals surface area contributed by atoms with E-state index in [1.54, 1.807) is 33.9 Å². The molecule has 2 N–H and O–H groups in total. The third-order valence-corrected chi connectivity index (χ3v) is 4.34. The Morgan fingerprint density at radius 2 is 2.00 bits per heavy atom. The standard InChI is InChI=1S/C17H17N5O4/c23-17(20-5-7-26-8-6-20)14-10-19-16(11-18-14)21-4-3-12-9-13(22(24)25)1-2-15(12)21/h1-4,9-11,22,24H,5-8H2. The van der Waals surface area contributed by atoms with Gasteiger partial charge < -0.3 is 14.8 Å². The van der Waals surface area contributed by atoms with Gasteiger partial charge in [0, 0.05) is 36.8 Å². The van der Waals surface area contributed by atoms with Gasteiger partial charge in [-0.15, -0.1) is 0 Å². The Labute approximate surface area is 148 Å². The van der Waals surface area contributed by atoms with E-state index in [4.69, 9.17) is 9.94 Å². The maximum atomic E-state index is 12.4. The number of nitrogens with one attached hydrogen (secondary N) is 1. The Balaban J connectivity index is 1.60. The van der Waals surface area contributed by atoms with Crippen molar-refractivity contribution >= 4 is 22.5 Å². The lowest BCUT2D eigenvalue weighted by Crippen LogP contribution is -2.99. The molecule has 1 atom stereocenters. The number of carbonyl (C=O) groups excluding carboxylic acids is 1. The minimum absolute atomic E-state index is 0.157. The number of rotatable bonds is 3. The number of hydrogen-bond acceptors (Lipinski definition) is 6. The quantitative estimate of drug-likeness (QED) is 0.654. The minimum Gasteiger partial charge on any atom is -0.595 e. The topological polar surface area (TPSA) is 108 Å². The summed E-state index contributed by atoms with van der Waals surface area (Å²) in [6.45, 7) is 2.17. The number of carbonyl (C=O) groups is 1. The highest BCUT2D eigenvalue weighted by molar-refractivity contribution is 5.92. The average molecular weight is 355 g/mol. The van der Waals surface area contributed by atoms with Gasteiger partial charge in [-0.3, -0.25) is 9.36 Å². The van der Waals surface area contributed by atoms with Gasteiger partial charge in [-0.05, 0) is 12.1 Å². The maximum Gasteiger partial charge on any atom is 0.274 e. The Kier molecular flexibility index (Phi) is 4.35. The Morgan fingerprint density at radius 3 is 2.69 bits per heavy atom. The molecule has 0 spiro atoms. The number of fused-ring (bicyclic) bond motifs is 1. The highest BCUT2D eigenvalue weighted by Gasteiger charge is 2.20. The van der Waals surface area contributed by atoms with Crippen LogP contribution >= 0.6 is 0 Å². The summed E-state index contributed by atoms with van der Waals surface area (Å²) >= 11 is 0. The van der Waals surface area contributed by atoms with Gasteiger partial charge in [0.25, 0.3) is 5.91 Å². The molecule has 1 fully saturated rings. The molecule has 1 aliphatic heterocycles. The van der Waals surface area contributed by atoms with Crippen LogP contribution in [0.2, 0.25) is 0 Å². The molecule has 1 unspecified atom stereocenters. The number of benzene rings is 1. The molecule has 4 rings (SSSR count). The molecule has 9 nitrogen and oxygen atoms in total. The fourth-order valence-corrected chi connectivity index (χ4v) is 2.96. The molecule has 1 aromatic carbocycles. The van der Waals surface area contributed by atoms with Gasteiger partial charge in [0.2, 0.25) is 0 Å². The molecule has 26 heavy (non-hydrogen) atoms.